The second kappa shape index (κ2) is 5.19. The highest BCUT2D eigenvalue weighted by Gasteiger charge is 2.22. The van der Waals surface area contributed by atoms with Gasteiger partial charge in [-0.05, 0) is 49.7 Å². The largest absolute Gasteiger partial charge is 0.481 e. The van der Waals surface area contributed by atoms with Crippen LogP contribution in [-0.4, -0.2) is 15.6 Å². The molecular weight excluding hydrogens is 202 g/mol. The van der Waals surface area contributed by atoms with E-state index in [1.165, 1.54) is 12.8 Å². The molecule has 88 valence electrons. The summed E-state index contributed by atoms with van der Waals surface area (Å²) in [6, 6.07) is 4.10. The molecule has 1 aliphatic carbocycles. The molecule has 3 nitrogen and oxygen atoms in total. The van der Waals surface area contributed by atoms with Gasteiger partial charge >= 0.3 is 5.97 Å². The van der Waals surface area contributed by atoms with Crippen LogP contribution in [0, 0.1) is 11.8 Å². The Morgan fingerprint density at radius 2 is 1.69 bits per heavy atom. The SMILES string of the molecule is O=C(O)CC1CCC(Cn2cccc2)CC1. The fourth-order valence-corrected chi connectivity index (χ4v) is 2.66. The number of hydrogen-bond donors (Lipinski definition) is 1. The molecule has 1 heterocycles. The lowest BCUT2D eigenvalue weighted by molar-refractivity contribution is -0.138. The molecule has 0 aliphatic heterocycles. The Morgan fingerprint density at radius 3 is 2.25 bits per heavy atom. The number of rotatable bonds is 4. The molecule has 0 radical (unpaired) electrons. The number of carboxylic acids is 1. The molecular formula is C13H19NO2. The summed E-state index contributed by atoms with van der Waals surface area (Å²) in [5.41, 5.74) is 0. The third-order valence-corrected chi connectivity index (χ3v) is 3.56. The number of carboxylic acid groups (broad SMARTS) is 1. The summed E-state index contributed by atoms with van der Waals surface area (Å²) in [6.45, 7) is 1.09. The number of aromatic nitrogens is 1. The van der Waals surface area contributed by atoms with Crippen molar-refractivity contribution in [2.45, 2.75) is 38.6 Å². The lowest BCUT2D eigenvalue weighted by Crippen LogP contribution is -2.20. The highest BCUT2D eigenvalue weighted by Crippen LogP contribution is 2.31. The fraction of sp³-hybridized carbons (Fsp3) is 0.615. The highest BCUT2D eigenvalue weighted by molar-refractivity contribution is 5.67. The van der Waals surface area contributed by atoms with Crippen molar-refractivity contribution in [2.24, 2.45) is 11.8 Å². The van der Waals surface area contributed by atoms with E-state index in [4.69, 9.17) is 5.11 Å². The normalized spacial score (nSPS) is 25.5. The topological polar surface area (TPSA) is 42.2 Å². The standard InChI is InChI=1S/C13H19NO2/c15-13(16)9-11-3-5-12(6-4-11)10-14-7-1-2-8-14/h1-2,7-8,11-12H,3-6,9-10H2,(H,15,16). The van der Waals surface area contributed by atoms with Gasteiger partial charge in [0.05, 0.1) is 0 Å². The third kappa shape index (κ3) is 3.12. The van der Waals surface area contributed by atoms with E-state index in [0.29, 0.717) is 12.3 Å². The molecule has 1 fully saturated rings. The smallest absolute Gasteiger partial charge is 0.303 e. The van der Waals surface area contributed by atoms with Gasteiger partial charge in [0.2, 0.25) is 0 Å². The number of carbonyl (C=O) groups is 1. The van der Waals surface area contributed by atoms with Crippen LogP contribution in [0.1, 0.15) is 32.1 Å². The maximum absolute atomic E-state index is 10.6. The Balaban J connectivity index is 1.75. The predicted octanol–water partition coefficient (Wildman–Crippen LogP) is 2.77. The summed E-state index contributed by atoms with van der Waals surface area (Å²) >= 11 is 0. The van der Waals surface area contributed by atoms with E-state index < -0.39 is 5.97 Å². The highest BCUT2D eigenvalue weighted by atomic mass is 16.4. The van der Waals surface area contributed by atoms with Crippen LogP contribution in [0.2, 0.25) is 0 Å². The van der Waals surface area contributed by atoms with E-state index in [1.54, 1.807) is 0 Å². The molecule has 1 aromatic rings. The van der Waals surface area contributed by atoms with Gasteiger partial charge in [-0.25, -0.2) is 0 Å². The van der Waals surface area contributed by atoms with Gasteiger partial charge in [-0.1, -0.05) is 0 Å². The van der Waals surface area contributed by atoms with Crippen LogP contribution in [0.4, 0.5) is 0 Å². The third-order valence-electron chi connectivity index (χ3n) is 3.56. The van der Waals surface area contributed by atoms with E-state index in [-0.39, 0.29) is 0 Å². The first kappa shape index (κ1) is 11.2. The van der Waals surface area contributed by atoms with E-state index in [2.05, 4.69) is 29.1 Å². The monoisotopic (exact) mass is 221 g/mol. The molecule has 2 rings (SSSR count). The first-order valence-corrected chi connectivity index (χ1v) is 6.06. The summed E-state index contributed by atoms with van der Waals surface area (Å²) in [5.74, 6) is 0.504. The van der Waals surface area contributed by atoms with Crippen LogP contribution in [-0.2, 0) is 11.3 Å². The van der Waals surface area contributed by atoms with E-state index in [9.17, 15) is 4.79 Å². The van der Waals surface area contributed by atoms with Gasteiger partial charge in [0, 0.05) is 25.4 Å². The van der Waals surface area contributed by atoms with Crippen LogP contribution in [0.3, 0.4) is 0 Å². The van der Waals surface area contributed by atoms with Gasteiger partial charge in [0.15, 0.2) is 0 Å². The fourth-order valence-electron chi connectivity index (χ4n) is 2.66. The Kier molecular flexibility index (Phi) is 3.65. The minimum Gasteiger partial charge on any atom is -0.481 e. The molecule has 0 saturated heterocycles. The van der Waals surface area contributed by atoms with Crippen molar-refractivity contribution >= 4 is 5.97 Å². The van der Waals surface area contributed by atoms with Gasteiger partial charge in [-0.2, -0.15) is 0 Å². The van der Waals surface area contributed by atoms with Gasteiger partial charge in [0.25, 0.3) is 0 Å². The Bertz CT molecular complexity index is 324. The number of aliphatic carboxylic acids is 1. The summed E-state index contributed by atoms with van der Waals surface area (Å²) < 4.78 is 2.22. The molecule has 0 aromatic carbocycles. The molecule has 0 amide bonds. The second-order valence-corrected chi connectivity index (χ2v) is 4.86. The summed E-state index contributed by atoms with van der Waals surface area (Å²) in [7, 11) is 0. The van der Waals surface area contributed by atoms with Crippen molar-refractivity contribution < 1.29 is 9.90 Å². The summed E-state index contributed by atoms with van der Waals surface area (Å²) in [5, 5.41) is 8.73. The van der Waals surface area contributed by atoms with Gasteiger partial charge in [-0.15, -0.1) is 0 Å². The number of hydrogen-bond acceptors (Lipinski definition) is 1. The summed E-state index contributed by atoms with van der Waals surface area (Å²) in [4.78, 5) is 10.6. The van der Waals surface area contributed by atoms with Crippen molar-refractivity contribution in [1.82, 2.24) is 4.57 Å². The van der Waals surface area contributed by atoms with Crippen LogP contribution in [0.5, 0.6) is 0 Å². The molecule has 1 N–H and O–H groups in total. The Morgan fingerprint density at radius 1 is 1.12 bits per heavy atom. The molecule has 1 aliphatic rings. The maximum atomic E-state index is 10.6. The lowest BCUT2D eigenvalue weighted by atomic mass is 9.80. The van der Waals surface area contributed by atoms with Crippen molar-refractivity contribution in [1.29, 1.82) is 0 Å². The van der Waals surface area contributed by atoms with E-state index >= 15 is 0 Å². The Labute approximate surface area is 96.1 Å². The molecule has 1 aromatic heterocycles. The second-order valence-electron chi connectivity index (χ2n) is 4.86. The van der Waals surface area contributed by atoms with Crippen LogP contribution < -0.4 is 0 Å². The van der Waals surface area contributed by atoms with Crippen LogP contribution in [0.15, 0.2) is 24.5 Å². The zero-order valence-corrected chi connectivity index (χ0v) is 9.51. The zero-order chi connectivity index (χ0) is 11.4. The molecule has 16 heavy (non-hydrogen) atoms. The first-order valence-electron chi connectivity index (χ1n) is 6.06. The lowest BCUT2D eigenvalue weighted by Gasteiger charge is -2.27. The molecule has 0 unspecified atom stereocenters. The van der Waals surface area contributed by atoms with Crippen molar-refractivity contribution in [3.63, 3.8) is 0 Å². The molecule has 0 atom stereocenters. The van der Waals surface area contributed by atoms with Crippen molar-refractivity contribution in [3.8, 4) is 0 Å². The zero-order valence-electron chi connectivity index (χ0n) is 9.51. The molecule has 1 saturated carbocycles. The van der Waals surface area contributed by atoms with Crippen LogP contribution in [0.25, 0.3) is 0 Å². The van der Waals surface area contributed by atoms with Crippen molar-refractivity contribution in [2.75, 3.05) is 0 Å². The first-order chi connectivity index (χ1) is 7.74. The van der Waals surface area contributed by atoms with E-state index in [0.717, 1.165) is 25.3 Å². The Hall–Kier alpha value is -1.25. The minimum absolute atomic E-state index is 0.357. The number of nitrogens with zero attached hydrogens (tertiary/aromatic N) is 1. The average molecular weight is 221 g/mol. The predicted molar refractivity (Wildman–Crippen MR) is 62.1 cm³/mol. The minimum atomic E-state index is -0.645. The van der Waals surface area contributed by atoms with Crippen LogP contribution >= 0.6 is 0 Å². The summed E-state index contributed by atoms with van der Waals surface area (Å²) in [6.07, 6.45) is 9.08. The van der Waals surface area contributed by atoms with Gasteiger partial charge in [-0.3, -0.25) is 4.79 Å². The molecule has 0 spiro atoms. The van der Waals surface area contributed by atoms with Gasteiger partial charge in [0.1, 0.15) is 0 Å². The maximum Gasteiger partial charge on any atom is 0.303 e. The molecule has 0 bridgehead atoms. The van der Waals surface area contributed by atoms with Gasteiger partial charge < -0.3 is 9.67 Å². The average Bonchev–Trinajstić information content (AvgIpc) is 2.73. The molecule has 3 heteroatoms. The van der Waals surface area contributed by atoms with Crippen molar-refractivity contribution in [3.05, 3.63) is 24.5 Å². The van der Waals surface area contributed by atoms with E-state index in [1.807, 2.05) is 0 Å². The quantitative estimate of drug-likeness (QED) is 0.849.